The van der Waals surface area contributed by atoms with Crippen molar-refractivity contribution in [3.63, 3.8) is 0 Å². The highest BCUT2D eigenvalue weighted by atomic mass is 16.5. The number of hydrazine groups is 1. The number of hydrogen-bond donors (Lipinski definition) is 1. The standard InChI is InChI=1S/C18H24N2O/c1-15-9-7-8-12-17(15)21-18(13-14-20(3)19-2)16-10-5-4-6-11-16/h4-12,18-19H,13-14H2,1-3H3/t18-/m1/s1. The third kappa shape index (κ3) is 4.59. The lowest BCUT2D eigenvalue weighted by Crippen LogP contribution is -2.32. The Morgan fingerprint density at radius 3 is 2.38 bits per heavy atom. The molecule has 3 heteroatoms. The average molecular weight is 284 g/mol. The topological polar surface area (TPSA) is 24.5 Å². The van der Waals surface area contributed by atoms with Gasteiger partial charge in [-0.25, -0.2) is 5.01 Å². The number of ether oxygens (including phenoxy) is 1. The van der Waals surface area contributed by atoms with E-state index in [4.69, 9.17) is 4.74 Å². The summed E-state index contributed by atoms with van der Waals surface area (Å²) in [6.07, 6.45) is 0.985. The molecule has 3 nitrogen and oxygen atoms in total. The Labute approximate surface area is 127 Å². The number of nitrogens with one attached hydrogen (secondary N) is 1. The summed E-state index contributed by atoms with van der Waals surface area (Å²) in [5.41, 5.74) is 5.51. The first-order chi connectivity index (χ1) is 10.2. The summed E-state index contributed by atoms with van der Waals surface area (Å²) in [5.74, 6) is 0.957. The average Bonchev–Trinajstić information content (AvgIpc) is 2.53. The zero-order chi connectivity index (χ0) is 15.1. The van der Waals surface area contributed by atoms with Gasteiger partial charge in [0.2, 0.25) is 0 Å². The molecule has 2 aromatic rings. The van der Waals surface area contributed by atoms with Crippen molar-refractivity contribution < 1.29 is 4.74 Å². The van der Waals surface area contributed by atoms with Crippen molar-refractivity contribution in [3.05, 3.63) is 65.7 Å². The van der Waals surface area contributed by atoms with Crippen LogP contribution in [0.5, 0.6) is 5.75 Å². The van der Waals surface area contributed by atoms with Gasteiger partial charge >= 0.3 is 0 Å². The minimum atomic E-state index is 0.0584. The minimum Gasteiger partial charge on any atom is -0.485 e. The number of benzene rings is 2. The van der Waals surface area contributed by atoms with E-state index in [1.807, 2.05) is 38.4 Å². The van der Waals surface area contributed by atoms with Crippen molar-refractivity contribution in [1.29, 1.82) is 0 Å². The van der Waals surface area contributed by atoms with Crippen LogP contribution >= 0.6 is 0 Å². The molecule has 1 atom stereocenters. The second-order valence-corrected chi connectivity index (χ2v) is 5.22. The first kappa shape index (κ1) is 15.5. The molecule has 1 N–H and O–H groups in total. The maximum absolute atomic E-state index is 6.27. The monoisotopic (exact) mass is 284 g/mol. The summed E-state index contributed by atoms with van der Waals surface area (Å²) in [5, 5.41) is 2.07. The number of hydrogen-bond acceptors (Lipinski definition) is 3. The van der Waals surface area contributed by atoms with Crippen LogP contribution in [0, 0.1) is 6.92 Å². The minimum absolute atomic E-state index is 0.0584. The molecule has 0 aliphatic heterocycles. The normalized spacial score (nSPS) is 12.4. The number of aryl methyl sites for hydroxylation is 1. The molecule has 0 radical (unpaired) electrons. The van der Waals surface area contributed by atoms with E-state index >= 15 is 0 Å². The van der Waals surface area contributed by atoms with E-state index in [1.54, 1.807) is 0 Å². The Bertz CT molecular complexity index is 542. The summed E-state index contributed by atoms with van der Waals surface area (Å²) >= 11 is 0. The van der Waals surface area contributed by atoms with Gasteiger partial charge < -0.3 is 4.74 Å². The van der Waals surface area contributed by atoms with Gasteiger partial charge in [0.1, 0.15) is 11.9 Å². The molecule has 0 unspecified atom stereocenters. The van der Waals surface area contributed by atoms with Crippen LogP contribution in [-0.4, -0.2) is 25.6 Å². The van der Waals surface area contributed by atoms with Crippen LogP contribution in [0.4, 0.5) is 0 Å². The summed E-state index contributed by atoms with van der Waals surface area (Å²) in [4.78, 5) is 0. The van der Waals surface area contributed by atoms with Crippen molar-refractivity contribution in [2.45, 2.75) is 19.4 Å². The number of nitrogens with zero attached hydrogens (tertiary/aromatic N) is 1. The lowest BCUT2D eigenvalue weighted by atomic mass is 10.1. The van der Waals surface area contributed by atoms with Crippen LogP contribution in [0.25, 0.3) is 0 Å². The highest BCUT2D eigenvalue weighted by Gasteiger charge is 2.15. The fourth-order valence-corrected chi connectivity index (χ4v) is 2.23. The Hall–Kier alpha value is -1.84. The SMILES string of the molecule is CNN(C)CC[C@@H](Oc1ccccc1C)c1ccccc1. The zero-order valence-electron chi connectivity index (χ0n) is 13.0. The van der Waals surface area contributed by atoms with Gasteiger partial charge in [-0.3, -0.25) is 5.43 Å². The molecular weight excluding hydrogens is 260 g/mol. The maximum atomic E-state index is 6.27. The third-order valence-electron chi connectivity index (χ3n) is 3.64. The number of rotatable bonds is 7. The van der Waals surface area contributed by atoms with Crippen LogP contribution in [0.1, 0.15) is 23.7 Å². The Morgan fingerprint density at radius 1 is 1.05 bits per heavy atom. The van der Waals surface area contributed by atoms with Crippen molar-refractivity contribution in [2.24, 2.45) is 0 Å². The smallest absolute Gasteiger partial charge is 0.125 e. The molecule has 0 aromatic heterocycles. The molecule has 0 fully saturated rings. The van der Waals surface area contributed by atoms with E-state index in [0.29, 0.717) is 0 Å². The van der Waals surface area contributed by atoms with E-state index in [1.165, 1.54) is 11.1 Å². The van der Waals surface area contributed by atoms with Gasteiger partial charge in [0.05, 0.1) is 0 Å². The molecule has 0 saturated carbocycles. The van der Waals surface area contributed by atoms with E-state index in [2.05, 4.69) is 47.7 Å². The Morgan fingerprint density at radius 2 is 1.71 bits per heavy atom. The summed E-state index contributed by atoms with van der Waals surface area (Å²) < 4.78 is 6.27. The molecule has 0 aliphatic rings. The van der Waals surface area contributed by atoms with Crippen molar-refractivity contribution in [3.8, 4) is 5.75 Å². The third-order valence-corrected chi connectivity index (χ3v) is 3.64. The van der Waals surface area contributed by atoms with Crippen LogP contribution in [0.15, 0.2) is 54.6 Å². The van der Waals surface area contributed by atoms with Crippen molar-refractivity contribution in [2.75, 3.05) is 20.6 Å². The van der Waals surface area contributed by atoms with Gasteiger partial charge in [0, 0.05) is 20.0 Å². The second kappa shape index (κ2) is 7.81. The van der Waals surface area contributed by atoms with E-state index in [-0.39, 0.29) is 6.10 Å². The Balaban J connectivity index is 2.14. The van der Waals surface area contributed by atoms with E-state index in [0.717, 1.165) is 18.7 Å². The first-order valence-corrected chi connectivity index (χ1v) is 7.36. The molecule has 0 saturated heterocycles. The molecule has 0 heterocycles. The number of para-hydroxylation sites is 1. The van der Waals surface area contributed by atoms with Crippen molar-refractivity contribution >= 4 is 0 Å². The van der Waals surface area contributed by atoms with E-state index < -0.39 is 0 Å². The van der Waals surface area contributed by atoms with Gasteiger partial charge in [-0.2, -0.15) is 0 Å². The fraction of sp³-hybridized carbons (Fsp3) is 0.333. The van der Waals surface area contributed by atoms with Gasteiger partial charge in [0.25, 0.3) is 0 Å². The molecule has 0 spiro atoms. The predicted molar refractivity (Wildman–Crippen MR) is 87.3 cm³/mol. The fourth-order valence-electron chi connectivity index (χ4n) is 2.23. The quantitative estimate of drug-likeness (QED) is 0.787. The molecule has 0 amide bonds. The second-order valence-electron chi connectivity index (χ2n) is 5.22. The van der Waals surface area contributed by atoms with Gasteiger partial charge in [-0.15, -0.1) is 0 Å². The largest absolute Gasteiger partial charge is 0.485 e. The maximum Gasteiger partial charge on any atom is 0.125 e. The molecule has 2 rings (SSSR count). The van der Waals surface area contributed by atoms with E-state index in [9.17, 15) is 0 Å². The lowest BCUT2D eigenvalue weighted by molar-refractivity contribution is 0.157. The molecule has 0 aliphatic carbocycles. The summed E-state index contributed by atoms with van der Waals surface area (Å²) in [6.45, 7) is 3.00. The van der Waals surface area contributed by atoms with Gasteiger partial charge in [0.15, 0.2) is 0 Å². The van der Waals surface area contributed by atoms with Gasteiger partial charge in [-0.1, -0.05) is 48.5 Å². The van der Waals surface area contributed by atoms with Crippen LogP contribution in [0.3, 0.4) is 0 Å². The molecule has 0 bridgehead atoms. The predicted octanol–water partition coefficient (Wildman–Crippen LogP) is 3.57. The first-order valence-electron chi connectivity index (χ1n) is 7.36. The lowest BCUT2D eigenvalue weighted by Gasteiger charge is -2.23. The van der Waals surface area contributed by atoms with Crippen LogP contribution < -0.4 is 10.2 Å². The summed E-state index contributed by atoms with van der Waals surface area (Å²) in [7, 11) is 3.97. The Kier molecular flexibility index (Phi) is 5.78. The van der Waals surface area contributed by atoms with Gasteiger partial charge in [-0.05, 0) is 31.2 Å². The highest BCUT2D eigenvalue weighted by molar-refractivity contribution is 5.33. The highest BCUT2D eigenvalue weighted by Crippen LogP contribution is 2.27. The van der Waals surface area contributed by atoms with Crippen LogP contribution in [0.2, 0.25) is 0 Å². The summed E-state index contributed by atoms with van der Waals surface area (Å²) in [6, 6.07) is 18.6. The molecule has 21 heavy (non-hydrogen) atoms. The zero-order valence-corrected chi connectivity index (χ0v) is 13.0. The molecule has 112 valence electrons. The molecule has 2 aromatic carbocycles. The molecular formula is C18H24N2O. The van der Waals surface area contributed by atoms with Crippen molar-refractivity contribution in [1.82, 2.24) is 10.4 Å². The van der Waals surface area contributed by atoms with Crippen LogP contribution in [-0.2, 0) is 0 Å².